The Morgan fingerprint density at radius 1 is 1.44 bits per heavy atom. The quantitative estimate of drug-likeness (QED) is 0.630. The van der Waals surface area contributed by atoms with E-state index in [1.54, 1.807) is 11.6 Å². The van der Waals surface area contributed by atoms with Crippen molar-refractivity contribution in [3.05, 3.63) is 35.9 Å². The molecular formula is C12H14N2O2. The summed E-state index contributed by atoms with van der Waals surface area (Å²) in [4.78, 5) is 12.8. The summed E-state index contributed by atoms with van der Waals surface area (Å²) in [6.45, 7) is 2.08. The number of carbonyl (C=O) groups is 1. The number of amidine groups is 1. The van der Waals surface area contributed by atoms with Crippen LogP contribution in [0.15, 0.2) is 30.3 Å². The summed E-state index contributed by atoms with van der Waals surface area (Å²) in [5.41, 5.74) is 1.11. The van der Waals surface area contributed by atoms with Crippen LogP contribution in [-0.2, 0) is 11.3 Å². The lowest BCUT2D eigenvalue weighted by molar-refractivity contribution is -0.488. The van der Waals surface area contributed by atoms with Crippen molar-refractivity contribution in [1.82, 2.24) is 4.90 Å². The van der Waals surface area contributed by atoms with Crippen molar-refractivity contribution in [3.8, 4) is 0 Å². The van der Waals surface area contributed by atoms with Crippen molar-refractivity contribution in [1.29, 1.82) is 0 Å². The predicted molar refractivity (Wildman–Crippen MR) is 57.9 cm³/mol. The molecule has 4 heteroatoms. The molecule has 1 aromatic rings. The number of carboxylic acids is 1. The molecule has 0 fully saturated rings. The van der Waals surface area contributed by atoms with Gasteiger partial charge in [0.2, 0.25) is 0 Å². The summed E-state index contributed by atoms with van der Waals surface area (Å²) < 4.78 is 1.72. The molecule has 0 bridgehead atoms. The zero-order valence-electron chi connectivity index (χ0n) is 9.22. The number of hydrogen-bond acceptors (Lipinski definition) is 3. The first-order chi connectivity index (χ1) is 7.68. The van der Waals surface area contributed by atoms with Gasteiger partial charge in [-0.15, -0.1) is 0 Å². The van der Waals surface area contributed by atoms with Crippen molar-refractivity contribution in [2.45, 2.75) is 6.54 Å². The largest absolute Gasteiger partial charge is 0.538 e. The Kier molecular flexibility index (Phi) is 2.90. The van der Waals surface area contributed by atoms with Crippen LogP contribution in [0.1, 0.15) is 5.56 Å². The van der Waals surface area contributed by atoms with Crippen LogP contribution in [0.25, 0.3) is 0 Å². The minimum Gasteiger partial charge on any atom is -0.538 e. The van der Waals surface area contributed by atoms with E-state index in [4.69, 9.17) is 0 Å². The van der Waals surface area contributed by atoms with Gasteiger partial charge in [-0.3, -0.25) is 9.48 Å². The Balaban J connectivity index is 2.15. The fourth-order valence-electron chi connectivity index (χ4n) is 1.97. The Morgan fingerprint density at radius 2 is 2.12 bits per heavy atom. The number of carboxylic acid groups (broad SMARTS) is 1. The van der Waals surface area contributed by atoms with Gasteiger partial charge in [-0.05, 0) is 5.56 Å². The van der Waals surface area contributed by atoms with Crippen LogP contribution in [0.2, 0.25) is 0 Å². The van der Waals surface area contributed by atoms with Gasteiger partial charge < -0.3 is 9.90 Å². The van der Waals surface area contributed by atoms with E-state index in [2.05, 4.69) is 0 Å². The maximum absolute atomic E-state index is 11.0. The molecule has 0 N–H and O–H groups in total. The molecular weight excluding hydrogens is 204 g/mol. The highest BCUT2D eigenvalue weighted by molar-refractivity contribution is 6.31. The maximum atomic E-state index is 11.0. The van der Waals surface area contributed by atoms with Gasteiger partial charge in [0.15, 0.2) is 5.97 Å². The molecule has 16 heavy (non-hydrogen) atoms. The fraction of sp³-hybridized carbons (Fsp3) is 0.333. The van der Waals surface area contributed by atoms with Crippen LogP contribution in [-0.4, -0.2) is 41.4 Å². The zero-order chi connectivity index (χ0) is 11.5. The monoisotopic (exact) mass is 218 g/mol. The van der Waals surface area contributed by atoms with Crippen molar-refractivity contribution in [2.24, 2.45) is 0 Å². The topological polar surface area (TPSA) is 46.4 Å². The lowest BCUT2D eigenvalue weighted by Gasteiger charge is -2.13. The molecule has 1 heterocycles. The number of nitrogens with zero attached hydrogens (tertiary/aromatic N) is 2. The molecule has 0 aromatic heterocycles. The van der Waals surface area contributed by atoms with Crippen molar-refractivity contribution in [3.63, 3.8) is 0 Å². The standard InChI is InChI=1S/C12H14N2O2/c1-13-7-8-14(11(13)12(15)16)9-10-5-3-2-4-6-10/h2-6H,7-9H2,1H3. The highest BCUT2D eigenvalue weighted by Gasteiger charge is 2.29. The molecule has 1 aromatic carbocycles. The van der Waals surface area contributed by atoms with Gasteiger partial charge in [0.1, 0.15) is 19.6 Å². The molecule has 84 valence electrons. The van der Waals surface area contributed by atoms with Gasteiger partial charge >= 0.3 is 0 Å². The lowest BCUT2D eigenvalue weighted by atomic mass is 10.2. The van der Waals surface area contributed by atoms with Crippen molar-refractivity contribution >= 4 is 11.8 Å². The average molecular weight is 218 g/mol. The molecule has 0 amide bonds. The minimum atomic E-state index is -1.10. The van der Waals surface area contributed by atoms with E-state index in [0.717, 1.165) is 18.7 Å². The number of likely N-dealkylation sites (N-methyl/N-ethyl adjacent to an activating group) is 1. The molecule has 0 saturated heterocycles. The number of benzene rings is 1. The third kappa shape index (κ3) is 2.05. The summed E-state index contributed by atoms with van der Waals surface area (Å²) >= 11 is 0. The second kappa shape index (κ2) is 4.35. The number of hydrogen-bond donors (Lipinski definition) is 0. The van der Waals surface area contributed by atoms with E-state index >= 15 is 0 Å². The van der Waals surface area contributed by atoms with E-state index in [0.29, 0.717) is 6.54 Å². The highest BCUT2D eigenvalue weighted by Crippen LogP contribution is 2.08. The van der Waals surface area contributed by atoms with E-state index < -0.39 is 5.97 Å². The van der Waals surface area contributed by atoms with Gasteiger partial charge in [-0.1, -0.05) is 30.3 Å². The lowest BCUT2D eigenvalue weighted by Crippen LogP contribution is -2.43. The van der Waals surface area contributed by atoms with Crippen LogP contribution >= 0.6 is 0 Å². The van der Waals surface area contributed by atoms with Gasteiger partial charge in [0, 0.05) is 0 Å². The maximum Gasteiger partial charge on any atom is 0.295 e. The Morgan fingerprint density at radius 3 is 2.75 bits per heavy atom. The predicted octanol–water partition coefficient (Wildman–Crippen LogP) is -0.707. The molecule has 0 spiro atoms. The summed E-state index contributed by atoms with van der Waals surface area (Å²) in [7, 11) is 1.77. The van der Waals surface area contributed by atoms with Crippen molar-refractivity contribution in [2.75, 3.05) is 20.1 Å². The van der Waals surface area contributed by atoms with Gasteiger partial charge in [0.25, 0.3) is 5.84 Å². The molecule has 1 aliphatic rings. The zero-order valence-corrected chi connectivity index (χ0v) is 9.22. The minimum absolute atomic E-state index is 0.281. The summed E-state index contributed by atoms with van der Waals surface area (Å²) in [6, 6.07) is 9.83. The summed E-state index contributed by atoms with van der Waals surface area (Å²) in [6.07, 6.45) is 0. The van der Waals surface area contributed by atoms with Crippen LogP contribution < -0.4 is 5.11 Å². The molecule has 1 aliphatic heterocycles. The van der Waals surface area contributed by atoms with Gasteiger partial charge in [0.05, 0.1) is 7.05 Å². The highest BCUT2D eigenvalue weighted by atomic mass is 16.4. The third-order valence-electron chi connectivity index (χ3n) is 2.77. The summed E-state index contributed by atoms with van der Waals surface area (Å²) in [5, 5.41) is 11.0. The van der Waals surface area contributed by atoms with Crippen LogP contribution in [0.4, 0.5) is 0 Å². The van der Waals surface area contributed by atoms with Crippen LogP contribution in [0, 0.1) is 0 Å². The van der Waals surface area contributed by atoms with Crippen LogP contribution in [0.5, 0.6) is 0 Å². The molecule has 0 aliphatic carbocycles. The van der Waals surface area contributed by atoms with Gasteiger partial charge in [-0.2, -0.15) is 0 Å². The van der Waals surface area contributed by atoms with E-state index in [1.807, 2.05) is 35.2 Å². The van der Waals surface area contributed by atoms with E-state index in [1.165, 1.54) is 0 Å². The molecule has 2 rings (SSSR count). The molecule has 0 radical (unpaired) electrons. The van der Waals surface area contributed by atoms with Gasteiger partial charge in [-0.25, -0.2) is 0 Å². The number of rotatable bonds is 3. The first kappa shape index (κ1) is 10.7. The van der Waals surface area contributed by atoms with Crippen LogP contribution in [0.3, 0.4) is 0 Å². The SMILES string of the molecule is C[N+]1=C(C(=O)[O-])N(Cc2ccccc2)CC1. The Bertz CT molecular complexity index is 426. The second-order valence-corrected chi connectivity index (χ2v) is 3.94. The normalized spacial score (nSPS) is 15.7. The van der Waals surface area contributed by atoms with Crippen molar-refractivity contribution < 1.29 is 14.5 Å². The summed E-state index contributed by atoms with van der Waals surface area (Å²) in [5.74, 6) is -0.820. The molecule has 0 saturated carbocycles. The fourth-order valence-corrected chi connectivity index (χ4v) is 1.97. The van der Waals surface area contributed by atoms with E-state index in [-0.39, 0.29) is 5.84 Å². The Labute approximate surface area is 94.4 Å². The smallest absolute Gasteiger partial charge is 0.295 e. The van der Waals surface area contributed by atoms with E-state index in [9.17, 15) is 9.90 Å². The first-order valence-electron chi connectivity index (χ1n) is 5.27. The number of aliphatic carboxylic acids is 1. The number of carbonyl (C=O) groups excluding carboxylic acids is 1. The first-order valence-corrected chi connectivity index (χ1v) is 5.27. The second-order valence-electron chi connectivity index (χ2n) is 3.94. The third-order valence-corrected chi connectivity index (χ3v) is 2.77. The average Bonchev–Trinajstić information content (AvgIpc) is 2.61. The molecule has 4 nitrogen and oxygen atoms in total. The molecule has 0 unspecified atom stereocenters. The molecule has 0 atom stereocenters. The Hall–Kier alpha value is -1.84.